The molecule has 7 heteroatoms. The third-order valence-corrected chi connectivity index (χ3v) is 3.67. The topological polar surface area (TPSA) is 61.4 Å². The number of carbonyl (C=O) groups is 2. The van der Waals surface area contributed by atoms with Crippen LogP contribution in [0.4, 0.5) is 10.1 Å². The van der Waals surface area contributed by atoms with Gasteiger partial charge in [-0.2, -0.15) is 0 Å². The molecule has 5 nitrogen and oxygen atoms in total. The van der Waals surface area contributed by atoms with Crippen LogP contribution in [0.2, 0.25) is 0 Å². The number of carbonyl (C=O) groups excluding carboxylic acids is 2. The Morgan fingerprint density at radius 1 is 1.30 bits per heavy atom. The summed E-state index contributed by atoms with van der Waals surface area (Å²) in [6.07, 6.45) is 1.17. The zero-order chi connectivity index (χ0) is 15.9. The largest absolute Gasteiger partial charge is 0.355 e. The number of halogens is 2. The van der Waals surface area contributed by atoms with Gasteiger partial charge in [0.25, 0.3) is 0 Å². The molecule has 0 radical (unpaired) electrons. The van der Waals surface area contributed by atoms with E-state index >= 15 is 0 Å². The number of amides is 2. The molecular formula is C16H23ClFN3O2. The Balaban J connectivity index is 0.00000264. The molecule has 128 valence electrons. The average molecular weight is 344 g/mol. The molecule has 1 unspecified atom stereocenters. The second-order valence-electron chi connectivity index (χ2n) is 5.40. The summed E-state index contributed by atoms with van der Waals surface area (Å²) < 4.78 is 13.8. The van der Waals surface area contributed by atoms with Crippen LogP contribution in [0.25, 0.3) is 0 Å². The number of hydrogen-bond donors (Lipinski definition) is 2. The van der Waals surface area contributed by atoms with Crippen LogP contribution in [-0.2, 0) is 9.59 Å². The summed E-state index contributed by atoms with van der Waals surface area (Å²) >= 11 is 0. The van der Waals surface area contributed by atoms with Crippen molar-refractivity contribution in [3.8, 4) is 0 Å². The van der Waals surface area contributed by atoms with Gasteiger partial charge in [0, 0.05) is 26.1 Å². The summed E-state index contributed by atoms with van der Waals surface area (Å²) in [6.45, 7) is 4.46. The van der Waals surface area contributed by atoms with Gasteiger partial charge < -0.3 is 15.5 Å². The fourth-order valence-corrected chi connectivity index (χ4v) is 2.51. The molecule has 1 atom stereocenters. The maximum Gasteiger partial charge on any atom is 0.227 e. The molecule has 1 aromatic rings. The summed E-state index contributed by atoms with van der Waals surface area (Å²) in [5.74, 6) is -1.22. The lowest BCUT2D eigenvalue weighted by Gasteiger charge is -2.17. The van der Waals surface area contributed by atoms with Crippen LogP contribution in [0, 0.1) is 11.7 Å². The summed E-state index contributed by atoms with van der Waals surface area (Å²) in [4.78, 5) is 25.5. The molecule has 2 rings (SSSR count). The van der Waals surface area contributed by atoms with Crippen molar-refractivity contribution in [2.24, 2.45) is 5.92 Å². The fraction of sp³-hybridized carbons (Fsp3) is 0.500. The highest BCUT2D eigenvalue weighted by atomic mass is 35.5. The second kappa shape index (κ2) is 9.47. The molecule has 1 heterocycles. The smallest absolute Gasteiger partial charge is 0.227 e. The Kier molecular flexibility index (Phi) is 7.98. The first-order valence-corrected chi connectivity index (χ1v) is 7.66. The second-order valence-corrected chi connectivity index (χ2v) is 5.40. The Morgan fingerprint density at radius 3 is 2.74 bits per heavy atom. The van der Waals surface area contributed by atoms with Gasteiger partial charge in [-0.15, -0.1) is 12.4 Å². The van der Waals surface area contributed by atoms with Crippen LogP contribution in [0.1, 0.15) is 19.8 Å². The third-order valence-electron chi connectivity index (χ3n) is 3.67. The van der Waals surface area contributed by atoms with Crippen LogP contribution >= 0.6 is 12.4 Å². The number of para-hydroxylation sites is 1. The van der Waals surface area contributed by atoms with E-state index in [2.05, 4.69) is 17.6 Å². The van der Waals surface area contributed by atoms with Crippen LogP contribution < -0.4 is 15.5 Å². The van der Waals surface area contributed by atoms with Gasteiger partial charge in [-0.05, 0) is 25.1 Å². The zero-order valence-electron chi connectivity index (χ0n) is 13.2. The van der Waals surface area contributed by atoms with Crippen molar-refractivity contribution < 1.29 is 14.0 Å². The zero-order valence-corrected chi connectivity index (χ0v) is 14.0. The number of benzene rings is 1. The number of nitrogens with zero attached hydrogens (tertiary/aromatic N) is 1. The minimum Gasteiger partial charge on any atom is -0.355 e. The molecule has 0 aromatic heterocycles. The van der Waals surface area contributed by atoms with Crippen molar-refractivity contribution in [3.05, 3.63) is 30.1 Å². The van der Waals surface area contributed by atoms with Crippen molar-refractivity contribution >= 4 is 29.9 Å². The molecular weight excluding hydrogens is 321 g/mol. The van der Waals surface area contributed by atoms with E-state index in [-0.39, 0.29) is 42.9 Å². The molecule has 1 aromatic carbocycles. The van der Waals surface area contributed by atoms with Gasteiger partial charge in [0.15, 0.2) is 0 Å². The number of nitrogens with one attached hydrogen (secondary N) is 2. The predicted octanol–water partition coefficient (Wildman–Crippen LogP) is 1.72. The monoisotopic (exact) mass is 343 g/mol. The summed E-state index contributed by atoms with van der Waals surface area (Å²) in [5, 5.41) is 6.01. The Bertz CT molecular complexity index is 542. The quantitative estimate of drug-likeness (QED) is 0.741. The van der Waals surface area contributed by atoms with Gasteiger partial charge in [-0.25, -0.2) is 4.39 Å². The van der Waals surface area contributed by atoms with Gasteiger partial charge >= 0.3 is 0 Å². The summed E-state index contributed by atoms with van der Waals surface area (Å²) in [6, 6.07) is 6.13. The van der Waals surface area contributed by atoms with Crippen LogP contribution in [0.5, 0.6) is 0 Å². The first kappa shape index (κ1) is 19.4. The molecule has 1 saturated heterocycles. The van der Waals surface area contributed by atoms with E-state index in [0.717, 1.165) is 13.0 Å². The van der Waals surface area contributed by atoms with Crippen LogP contribution in [-0.4, -0.2) is 38.0 Å². The van der Waals surface area contributed by atoms with Crippen molar-refractivity contribution in [2.75, 3.05) is 31.1 Å². The van der Waals surface area contributed by atoms with E-state index in [9.17, 15) is 14.0 Å². The molecule has 1 aliphatic heterocycles. The SMILES string of the molecule is CCCNCCNC(=O)C1CC(=O)N(c2ccccc2F)C1.Cl. The highest BCUT2D eigenvalue weighted by Crippen LogP contribution is 2.27. The average Bonchev–Trinajstić information content (AvgIpc) is 2.89. The molecule has 0 bridgehead atoms. The maximum atomic E-state index is 13.8. The lowest BCUT2D eigenvalue weighted by molar-refractivity contribution is -0.126. The molecule has 0 aliphatic carbocycles. The van der Waals surface area contributed by atoms with E-state index < -0.39 is 11.7 Å². The lowest BCUT2D eigenvalue weighted by Crippen LogP contribution is -2.37. The van der Waals surface area contributed by atoms with Gasteiger partial charge in [0.2, 0.25) is 11.8 Å². The van der Waals surface area contributed by atoms with Crippen LogP contribution in [0.3, 0.4) is 0 Å². The molecule has 2 amide bonds. The van der Waals surface area contributed by atoms with Crippen molar-refractivity contribution in [1.29, 1.82) is 0 Å². The molecule has 2 N–H and O–H groups in total. The minimum absolute atomic E-state index is 0. The number of rotatable bonds is 7. The Labute approximate surface area is 142 Å². The fourth-order valence-electron chi connectivity index (χ4n) is 2.51. The third kappa shape index (κ3) is 5.18. The Morgan fingerprint density at radius 2 is 2.04 bits per heavy atom. The molecule has 1 fully saturated rings. The van der Waals surface area contributed by atoms with Crippen molar-refractivity contribution in [2.45, 2.75) is 19.8 Å². The normalized spacial score (nSPS) is 17.0. The van der Waals surface area contributed by atoms with E-state index in [1.165, 1.54) is 11.0 Å². The number of anilines is 1. The van der Waals surface area contributed by atoms with Gasteiger partial charge in [-0.3, -0.25) is 9.59 Å². The summed E-state index contributed by atoms with van der Waals surface area (Å²) in [7, 11) is 0. The van der Waals surface area contributed by atoms with Gasteiger partial charge in [0.05, 0.1) is 11.6 Å². The van der Waals surface area contributed by atoms with Gasteiger partial charge in [-0.1, -0.05) is 19.1 Å². The van der Waals surface area contributed by atoms with E-state index in [1.807, 2.05) is 0 Å². The van der Waals surface area contributed by atoms with Gasteiger partial charge in [0.1, 0.15) is 5.82 Å². The highest BCUT2D eigenvalue weighted by molar-refractivity contribution is 6.00. The van der Waals surface area contributed by atoms with Crippen molar-refractivity contribution in [1.82, 2.24) is 10.6 Å². The van der Waals surface area contributed by atoms with E-state index in [1.54, 1.807) is 18.2 Å². The number of hydrogen-bond acceptors (Lipinski definition) is 3. The van der Waals surface area contributed by atoms with Crippen LogP contribution in [0.15, 0.2) is 24.3 Å². The Hall–Kier alpha value is -1.66. The first-order chi connectivity index (χ1) is 10.6. The predicted molar refractivity (Wildman–Crippen MR) is 90.3 cm³/mol. The van der Waals surface area contributed by atoms with E-state index in [4.69, 9.17) is 0 Å². The lowest BCUT2D eigenvalue weighted by atomic mass is 10.1. The molecule has 23 heavy (non-hydrogen) atoms. The van der Waals surface area contributed by atoms with Crippen molar-refractivity contribution in [3.63, 3.8) is 0 Å². The highest BCUT2D eigenvalue weighted by Gasteiger charge is 2.35. The molecule has 1 aliphatic rings. The molecule has 0 spiro atoms. The first-order valence-electron chi connectivity index (χ1n) is 7.66. The maximum absolute atomic E-state index is 13.8. The van der Waals surface area contributed by atoms with E-state index in [0.29, 0.717) is 13.1 Å². The molecule has 0 saturated carbocycles. The standard InChI is InChI=1S/C16H22FN3O2.ClH/c1-2-7-18-8-9-19-16(22)12-10-15(21)20(11-12)14-6-4-3-5-13(14)17;/h3-6,12,18H,2,7-11H2,1H3,(H,19,22);1H. The summed E-state index contributed by atoms with van der Waals surface area (Å²) in [5.41, 5.74) is 0.243. The minimum atomic E-state index is -0.444.